The lowest BCUT2D eigenvalue weighted by Gasteiger charge is -2.05. The number of nitrogen functional groups attached to an aromatic ring is 2. The average Bonchev–Trinajstić information content (AvgIpc) is 3.25. The molecule has 0 bridgehead atoms. The van der Waals surface area contributed by atoms with Gasteiger partial charge in [0.05, 0.1) is 0 Å². The second kappa shape index (κ2) is 6.41. The van der Waals surface area contributed by atoms with E-state index in [2.05, 4.69) is 20.6 Å². The Morgan fingerprint density at radius 2 is 1.08 bits per heavy atom. The summed E-state index contributed by atoms with van der Waals surface area (Å²) in [5, 5.41) is 16.0. The third-order valence-electron chi connectivity index (χ3n) is 3.77. The SMILES string of the molecule is Nn1nnc(S(=O)c2nnn(N)c2-c2ccccc2)c1-c1ccccc1. The molecule has 0 fully saturated rings. The quantitative estimate of drug-likeness (QED) is 0.511. The van der Waals surface area contributed by atoms with Crippen molar-refractivity contribution in [2.24, 2.45) is 0 Å². The lowest BCUT2D eigenvalue weighted by molar-refractivity contribution is 0.675. The molecule has 2 aromatic heterocycles. The molecule has 0 saturated carbocycles. The van der Waals surface area contributed by atoms with E-state index in [-0.39, 0.29) is 10.1 Å². The number of hydrogen-bond acceptors (Lipinski definition) is 7. The van der Waals surface area contributed by atoms with Gasteiger partial charge in [0.1, 0.15) is 22.2 Å². The molecule has 0 amide bonds. The summed E-state index contributed by atoms with van der Waals surface area (Å²) in [6, 6.07) is 18.5. The number of hydrogen-bond donors (Lipinski definition) is 2. The van der Waals surface area contributed by atoms with Crippen molar-refractivity contribution in [3.8, 4) is 22.5 Å². The van der Waals surface area contributed by atoms with Gasteiger partial charge in [-0.15, -0.1) is 10.2 Å². The van der Waals surface area contributed by atoms with E-state index in [1.165, 1.54) is 0 Å². The number of aromatic nitrogens is 6. The highest BCUT2D eigenvalue weighted by Gasteiger charge is 2.27. The van der Waals surface area contributed by atoms with E-state index in [0.717, 1.165) is 20.7 Å². The molecule has 2 heterocycles. The molecule has 0 radical (unpaired) electrons. The summed E-state index contributed by atoms with van der Waals surface area (Å²) in [7, 11) is -1.78. The van der Waals surface area contributed by atoms with E-state index in [9.17, 15) is 4.21 Å². The maximum Gasteiger partial charge on any atom is 0.186 e. The number of rotatable bonds is 4. The van der Waals surface area contributed by atoms with Crippen LogP contribution in [0.2, 0.25) is 0 Å². The van der Waals surface area contributed by atoms with Crippen LogP contribution in [0.1, 0.15) is 0 Å². The molecule has 26 heavy (non-hydrogen) atoms. The van der Waals surface area contributed by atoms with Gasteiger partial charge >= 0.3 is 0 Å². The van der Waals surface area contributed by atoms with Gasteiger partial charge in [-0.2, -0.15) is 9.58 Å². The van der Waals surface area contributed by atoms with Crippen molar-refractivity contribution in [1.29, 1.82) is 0 Å². The highest BCUT2D eigenvalue weighted by molar-refractivity contribution is 7.85. The average molecular weight is 366 g/mol. The molecule has 0 aliphatic rings. The van der Waals surface area contributed by atoms with Crippen molar-refractivity contribution in [3.05, 3.63) is 60.7 Å². The van der Waals surface area contributed by atoms with Crippen molar-refractivity contribution in [3.63, 3.8) is 0 Å². The molecule has 10 heteroatoms. The first-order valence-corrected chi connectivity index (χ1v) is 8.76. The Bertz CT molecular complexity index is 989. The largest absolute Gasteiger partial charge is 0.321 e. The molecule has 9 nitrogen and oxygen atoms in total. The van der Waals surface area contributed by atoms with Crippen LogP contribution in [-0.2, 0) is 10.8 Å². The van der Waals surface area contributed by atoms with Crippen molar-refractivity contribution in [1.82, 2.24) is 30.2 Å². The molecule has 130 valence electrons. The summed E-state index contributed by atoms with van der Waals surface area (Å²) in [5.41, 5.74) is 2.36. The summed E-state index contributed by atoms with van der Waals surface area (Å²) in [5.74, 6) is 11.8. The first-order chi connectivity index (χ1) is 12.7. The molecule has 4 N–H and O–H groups in total. The number of benzene rings is 2. The van der Waals surface area contributed by atoms with Crippen molar-refractivity contribution < 1.29 is 4.21 Å². The maximum absolute atomic E-state index is 13.2. The molecular weight excluding hydrogens is 352 g/mol. The van der Waals surface area contributed by atoms with Crippen LogP contribution < -0.4 is 11.7 Å². The van der Waals surface area contributed by atoms with Gasteiger partial charge < -0.3 is 11.7 Å². The van der Waals surface area contributed by atoms with Crippen LogP contribution in [0, 0.1) is 0 Å². The van der Waals surface area contributed by atoms with Crippen LogP contribution in [0.15, 0.2) is 70.7 Å². The zero-order valence-electron chi connectivity index (χ0n) is 13.4. The molecule has 0 aliphatic carbocycles. The van der Waals surface area contributed by atoms with Crippen LogP contribution >= 0.6 is 0 Å². The van der Waals surface area contributed by atoms with Gasteiger partial charge in [0.2, 0.25) is 0 Å². The second-order valence-corrected chi connectivity index (χ2v) is 6.69. The Hall–Kier alpha value is -3.53. The van der Waals surface area contributed by atoms with Gasteiger partial charge in [-0.25, -0.2) is 4.21 Å². The first-order valence-electron chi connectivity index (χ1n) is 7.61. The topological polar surface area (TPSA) is 131 Å². The summed E-state index contributed by atoms with van der Waals surface area (Å²) < 4.78 is 13.2. The third kappa shape index (κ3) is 2.62. The fourth-order valence-electron chi connectivity index (χ4n) is 2.60. The van der Waals surface area contributed by atoms with E-state index >= 15 is 0 Å². The zero-order valence-corrected chi connectivity index (χ0v) is 14.2. The Labute approximate surface area is 150 Å². The van der Waals surface area contributed by atoms with E-state index in [0.29, 0.717) is 11.4 Å². The number of nitrogens with two attached hydrogens (primary N) is 2. The van der Waals surface area contributed by atoms with Gasteiger partial charge in [0.25, 0.3) is 0 Å². The third-order valence-corrected chi connectivity index (χ3v) is 5.03. The lowest BCUT2D eigenvalue weighted by atomic mass is 10.2. The normalized spacial score (nSPS) is 11.1. The monoisotopic (exact) mass is 366 g/mol. The lowest BCUT2D eigenvalue weighted by Crippen LogP contribution is -2.13. The standard InChI is InChI=1S/C16H14N8OS/c17-23-13(11-7-3-1-4-8-11)15(19-21-23)26(25)16-14(24(18)22-20-16)12-9-5-2-6-10-12/h1-10H,17-18H2. The highest BCUT2D eigenvalue weighted by Crippen LogP contribution is 2.30. The Balaban J connectivity index is 1.85. The molecule has 0 spiro atoms. The second-order valence-electron chi connectivity index (χ2n) is 5.38. The minimum atomic E-state index is -1.78. The molecular formula is C16H14N8OS. The van der Waals surface area contributed by atoms with E-state index < -0.39 is 10.8 Å². The summed E-state index contributed by atoms with van der Waals surface area (Å²) in [6.07, 6.45) is 0. The van der Waals surface area contributed by atoms with Gasteiger partial charge in [-0.3, -0.25) is 0 Å². The van der Waals surface area contributed by atoms with Gasteiger partial charge in [0, 0.05) is 11.1 Å². The van der Waals surface area contributed by atoms with E-state index in [1.807, 2.05) is 60.7 Å². The van der Waals surface area contributed by atoms with E-state index in [4.69, 9.17) is 11.7 Å². The van der Waals surface area contributed by atoms with Crippen molar-refractivity contribution in [2.45, 2.75) is 10.1 Å². The first kappa shape index (κ1) is 16.0. The van der Waals surface area contributed by atoms with Gasteiger partial charge in [-0.05, 0) is 10.4 Å². The molecule has 0 aliphatic heterocycles. The minimum Gasteiger partial charge on any atom is -0.321 e. The zero-order chi connectivity index (χ0) is 18.1. The van der Waals surface area contributed by atoms with Crippen molar-refractivity contribution >= 4 is 10.8 Å². The Morgan fingerprint density at radius 3 is 1.46 bits per heavy atom. The summed E-state index contributed by atoms with van der Waals surface area (Å²) >= 11 is 0. The smallest absolute Gasteiger partial charge is 0.186 e. The fourth-order valence-corrected chi connectivity index (χ4v) is 3.78. The van der Waals surface area contributed by atoms with E-state index in [1.54, 1.807) is 0 Å². The van der Waals surface area contributed by atoms with Crippen LogP contribution in [0.3, 0.4) is 0 Å². The van der Waals surface area contributed by atoms with Gasteiger partial charge in [0.15, 0.2) is 10.1 Å². The predicted molar refractivity (Wildman–Crippen MR) is 95.9 cm³/mol. The van der Waals surface area contributed by atoms with Crippen LogP contribution in [0.25, 0.3) is 22.5 Å². The van der Waals surface area contributed by atoms with Crippen LogP contribution in [-0.4, -0.2) is 34.4 Å². The highest BCUT2D eigenvalue weighted by atomic mass is 32.2. The summed E-state index contributed by atoms with van der Waals surface area (Å²) in [6.45, 7) is 0. The van der Waals surface area contributed by atoms with Crippen LogP contribution in [0.4, 0.5) is 0 Å². The minimum absolute atomic E-state index is 0.191. The van der Waals surface area contributed by atoms with Crippen LogP contribution in [0.5, 0.6) is 0 Å². The molecule has 2 aromatic carbocycles. The number of nitrogens with zero attached hydrogens (tertiary/aromatic N) is 6. The van der Waals surface area contributed by atoms with Gasteiger partial charge in [-0.1, -0.05) is 60.7 Å². The molecule has 0 atom stereocenters. The summed E-state index contributed by atoms with van der Waals surface area (Å²) in [4.78, 5) is 2.19. The molecule has 0 unspecified atom stereocenters. The Kier molecular flexibility index (Phi) is 3.93. The molecule has 4 aromatic rings. The molecule has 4 rings (SSSR count). The van der Waals surface area contributed by atoms with Crippen molar-refractivity contribution in [2.75, 3.05) is 11.7 Å². The fraction of sp³-hybridized carbons (Fsp3) is 0. The molecule has 0 saturated heterocycles. The maximum atomic E-state index is 13.2. The Morgan fingerprint density at radius 1 is 0.692 bits per heavy atom. The predicted octanol–water partition coefficient (Wildman–Crippen LogP) is 0.798.